The van der Waals surface area contributed by atoms with E-state index in [1.807, 2.05) is 6.07 Å². The fraction of sp³-hybridized carbons (Fsp3) is 0.333. The molecule has 0 bridgehead atoms. The Kier molecular flexibility index (Phi) is 6.62. The number of carbonyl (C=O) groups excluding carboxylic acids is 4. The van der Waals surface area contributed by atoms with Gasteiger partial charge in [0.05, 0.1) is 15.5 Å². The van der Waals surface area contributed by atoms with Gasteiger partial charge in [0.2, 0.25) is 12.1 Å². The molecule has 35 heavy (non-hydrogen) atoms. The summed E-state index contributed by atoms with van der Waals surface area (Å²) in [6.07, 6.45) is 0.249. The molecular formula is C24H25N3O7S. The summed E-state index contributed by atoms with van der Waals surface area (Å²) in [7, 11) is -1.84. The van der Waals surface area contributed by atoms with Gasteiger partial charge in [0, 0.05) is 0 Å². The summed E-state index contributed by atoms with van der Waals surface area (Å²) in [4.78, 5) is 51.5. The van der Waals surface area contributed by atoms with Gasteiger partial charge in [-0.1, -0.05) is 48.5 Å². The first-order valence-electron chi connectivity index (χ1n) is 10.9. The third kappa shape index (κ3) is 4.27. The molecule has 3 amide bonds. The quantitative estimate of drug-likeness (QED) is 0.222. The molecule has 2 N–H and O–H groups in total. The molecule has 184 valence electrons. The van der Waals surface area contributed by atoms with Crippen LogP contribution in [0.25, 0.3) is 0 Å². The third-order valence-electron chi connectivity index (χ3n) is 6.04. The summed E-state index contributed by atoms with van der Waals surface area (Å²) in [6, 6.07) is 16.4. The van der Waals surface area contributed by atoms with Gasteiger partial charge in [-0.2, -0.15) is 0 Å². The molecule has 0 aliphatic carbocycles. The minimum absolute atomic E-state index is 0.0170. The summed E-state index contributed by atoms with van der Waals surface area (Å²) in [5, 5.41) is 3.63. The molecule has 11 heteroatoms. The molecule has 0 aromatic heterocycles. The van der Waals surface area contributed by atoms with Crippen molar-refractivity contribution < 1.29 is 32.9 Å². The van der Waals surface area contributed by atoms with E-state index >= 15 is 0 Å². The second-order valence-corrected chi connectivity index (χ2v) is 10.8. The number of hydrogen-bond acceptors (Lipinski definition) is 7. The van der Waals surface area contributed by atoms with Crippen molar-refractivity contribution in [2.75, 3.05) is 6.61 Å². The summed E-state index contributed by atoms with van der Waals surface area (Å²) in [6.45, 7) is 2.70. The normalized spacial score (nSPS) is 26.2. The van der Waals surface area contributed by atoms with Crippen LogP contribution in [0.1, 0.15) is 19.4 Å². The van der Waals surface area contributed by atoms with Crippen molar-refractivity contribution in [1.29, 1.82) is 0 Å². The second-order valence-electron chi connectivity index (χ2n) is 8.68. The van der Waals surface area contributed by atoms with Crippen LogP contribution in [0.4, 0.5) is 0 Å². The minimum atomic E-state index is -1.96. The zero-order chi connectivity index (χ0) is 25.2. The standard InChI is InChI=1S/C24H25N3O7S/c1-23(2)19(20(30)34-13-16-9-5-3-6-10-16)27-21(31)24(25-15-28,22(27)35(23)32)26-18(29)14-33-17-11-7-4-8-12-17/h3-12,15,19,22H,13-14H2,1-2H3,(H,25,28)(H,26,29)/t19-,22+,24+,35?/m0/s1. The van der Waals surface area contributed by atoms with Crippen LogP contribution in [0.2, 0.25) is 0 Å². The minimum Gasteiger partial charge on any atom is -0.484 e. The zero-order valence-corrected chi connectivity index (χ0v) is 19.9. The van der Waals surface area contributed by atoms with E-state index < -0.39 is 57.0 Å². The average molecular weight is 500 g/mol. The van der Waals surface area contributed by atoms with Crippen LogP contribution in [-0.2, 0) is 41.3 Å². The highest BCUT2D eigenvalue weighted by molar-refractivity contribution is 7.87. The largest absolute Gasteiger partial charge is 0.484 e. The van der Waals surface area contributed by atoms with Crippen LogP contribution in [0.5, 0.6) is 5.75 Å². The fourth-order valence-corrected chi connectivity index (χ4v) is 6.29. The van der Waals surface area contributed by atoms with E-state index in [2.05, 4.69) is 10.6 Å². The first-order valence-corrected chi connectivity index (χ1v) is 12.1. The molecule has 4 atom stereocenters. The lowest BCUT2D eigenvalue weighted by Gasteiger charge is -2.51. The van der Waals surface area contributed by atoms with E-state index in [1.54, 1.807) is 68.4 Å². The number of fused-ring (bicyclic) bond motifs is 1. The molecule has 2 heterocycles. The number of nitrogens with zero attached hydrogens (tertiary/aromatic N) is 1. The van der Waals surface area contributed by atoms with Gasteiger partial charge in [0.15, 0.2) is 12.0 Å². The summed E-state index contributed by atoms with van der Waals surface area (Å²) >= 11 is 0. The maximum Gasteiger partial charge on any atom is 0.330 e. The molecule has 4 rings (SSSR count). The molecule has 2 aromatic carbocycles. The van der Waals surface area contributed by atoms with E-state index in [1.165, 1.54) is 0 Å². The number of esters is 1. The van der Waals surface area contributed by atoms with E-state index in [0.29, 0.717) is 5.75 Å². The van der Waals surface area contributed by atoms with Crippen LogP contribution >= 0.6 is 0 Å². The fourth-order valence-electron chi connectivity index (χ4n) is 4.31. The van der Waals surface area contributed by atoms with Gasteiger partial charge in [0.1, 0.15) is 18.4 Å². The number of rotatable bonds is 9. The zero-order valence-electron chi connectivity index (χ0n) is 19.1. The topological polar surface area (TPSA) is 131 Å². The molecule has 2 saturated heterocycles. The van der Waals surface area contributed by atoms with E-state index in [-0.39, 0.29) is 13.0 Å². The predicted molar refractivity (Wildman–Crippen MR) is 125 cm³/mol. The SMILES string of the molecule is CC1(C)[C@H](C(=O)OCc2ccccc2)N2C(=O)[C@@](NC=O)(NC(=O)COc3ccccc3)[C@H]2S1=O. The molecule has 10 nitrogen and oxygen atoms in total. The Labute approximate surface area is 204 Å². The summed E-state index contributed by atoms with van der Waals surface area (Å²) < 4.78 is 23.1. The Balaban J connectivity index is 1.51. The van der Waals surface area contributed by atoms with Gasteiger partial charge in [-0.3, -0.25) is 18.6 Å². The lowest BCUT2D eigenvalue weighted by molar-refractivity contribution is -0.174. The highest BCUT2D eigenvalue weighted by atomic mass is 32.2. The lowest BCUT2D eigenvalue weighted by Crippen LogP contribution is -2.86. The Hall–Kier alpha value is -3.73. The molecule has 0 radical (unpaired) electrons. The lowest BCUT2D eigenvalue weighted by atomic mass is 9.91. The molecule has 2 fully saturated rings. The smallest absolute Gasteiger partial charge is 0.330 e. The van der Waals surface area contributed by atoms with Crippen molar-refractivity contribution in [2.24, 2.45) is 0 Å². The third-order valence-corrected chi connectivity index (χ3v) is 8.28. The molecule has 2 aliphatic rings. The van der Waals surface area contributed by atoms with Crippen LogP contribution in [0.15, 0.2) is 60.7 Å². The molecule has 0 saturated carbocycles. The maximum atomic E-state index is 13.4. The molecule has 2 aromatic rings. The highest BCUT2D eigenvalue weighted by Crippen LogP contribution is 2.47. The van der Waals surface area contributed by atoms with E-state index in [4.69, 9.17) is 9.47 Å². The summed E-state index contributed by atoms with van der Waals surface area (Å²) in [5.74, 6) is -1.75. The first-order chi connectivity index (χ1) is 16.7. The van der Waals surface area contributed by atoms with Crippen molar-refractivity contribution in [3.8, 4) is 5.75 Å². The van der Waals surface area contributed by atoms with Gasteiger partial charge in [-0.05, 0) is 31.5 Å². The van der Waals surface area contributed by atoms with Crippen molar-refractivity contribution >= 4 is 35.0 Å². The Morgan fingerprint density at radius 3 is 2.34 bits per heavy atom. The maximum absolute atomic E-state index is 13.4. The highest BCUT2D eigenvalue weighted by Gasteiger charge is 2.76. The Bertz CT molecular complexity index is 1160. The van der Waals surface area contributed by atoms with Gasteiger partial charge >= 0.3 is 5.97 Å². The molecule has 2 aliphatic heterocycles. The van der Waals surface area contributed by atoms with Gasteiger partial charge in [-0.25, -0.2) is 4.79 Å². The monoisotopic (exact) mass is 499 g/mol. The van der Waals surface area contributed by atoms with Crippen LogP contribution in [0.3, 0.4) is 0 Å². The van der Waals surface area contributed by atoms with Crippen molar-refractivity contribution in [3.05, 3.63) is 66.2 Å². The Morgan fingerprint density at radius 1 is 1.09 bits per heavy atom. The number of nitrogens with one attached hydrogen (secondary N) is 2. The van der Waals surface area contributed by atoms with Crippen molar-refractivity contribution in [2.45, 2.75) is 42.3 Å². The van der Waals surface area contributed by atoms with Crippen LogP contribution < -0.4 is 15.4 Å². The first kappa shape index (κ1) is 24.4. The second kappa shape index (κ2) is 9.49. The number of para-hydroxylation sites is 1. The van der Waals surface area contributed by atoms with Crippen LogP contribution in [-0.4, -0.2) is 61.7 Å². The molecular weight excluding hydrogens is 474 g/mol. The number of ether oxygens (including phenoxy) is 2. The van der Waals surface area contributed by atoms with Gasteiger partial charge in [-0.15, -0.1) is 0 Å². The van der Waals surface area contributed by atoms with E-state index in [9.17, 15) is 23.4 Å². The van der Waals surface area contributed by atoms with E-state index in [0.717, 1.165) is 10.5 Å². The van der Waals surface area contributed by atoms with Crippen molar-refractivity contribution in [1.82, 2.24) is 15.5 Å². The summed E-state index contributed by atoms with van der Waals surface area (Å²) in [5.41, 5.74) is -1.21. The predicted octanol–water partition coefficient (Wildman–Crippen LogP) is 0.445. The van der Waals surface area contributed by atoms with Gasteiger partial charge in [0.25, 0.3) is 11.8 Å². The molecule has 0 spiro atoms. The number of hydrogen-bond donors (Lipinski definition) is 2. The van der Waals surface area contributed by atoms with Crippen molar-refractivity contribution in [3.63, 3.8) is 0 Å². The van der Waals surface area contributed by atoms with Crippen LogP contribution in [0, 0.1) is 0 Å². The Morgan fingerprint density at radius 2 is 1.71 bits per heavy atom. The number of amides is 3. The molecule has 1 unspecified atom stereocenters. The number of benzene rings is 2. The number of β-lactam (4-membered cyclic amide) rings is 1. The average Bonchev–Trinajstić information content (AvgIpc) is 3.06. The number of carbonyl (C=O) groups is 4. The van der Waals surface area contributed by atoms with Gasteiger partial charge < -0.3 is 25.0 Å².